The second-order valence-electron chi connectivity index (χ2n) is 4.01. The van der Waals surface area contributed by atoms with Crippen LogP contribution in [0.15, 0.2) is 0 Å². The fourth-order valence-electron chi connectivity index (χ4n) is 1.87. The first-order chi connectivity index (χ1) is 7.29. The van der Waals surface area contributed by atoms with E-state index in [-0.39, 0.29) is 0 Å². The number of hydrogen-bond donors (Lipinski definition) is 1. The second-order valence-corrected chi connectivity index (χ2v) is 4.99. The van der Waals surface area contributed by atoms with Gasteiger partial charge in [0.15, 0.2) is 0 Å². The van der Waals surface area contributed by atoms with Gasteiger partial charge in [-0.05, 0) is 44.4 Å². The van der Waals surface area contributed by atoms with E-state index in [1.54, 1.807) is 0 Å². The van der Waals surface area contributed by atoms with Crippen LogP contribution in [0.25, 0.3) is 0 Å². The fraction of sp³-hybridized carbons (Fsp3) is 1.00. The molecule has 0 heterocycles. The monoisotopic (exact) mass is 232 g/mol. The molecule has 0 bridgehead atoms. The third kappa shape index (κ3) is 7.20. The summed E-state index contributed by atoms with van der Waals surface area (Å²) in [7, 11) is 0. The smallest absolute Gasteiger partial charge is 0.0218 e. The summed E-state index contributed by atoms with van der Waals surface area (Å²) in [6.45, 7) is 7.66. The minimum Gasteiger partial charge on any atom is -0.329 e. The summed E-state index contributed by atoms with van der Waals surface area (Å²) in [6, 6.07) is 0.605. The van der Waals surface area contributed by atoms with Gasteiger partial charge in [-0.3, -0.25) is 4.90 Å². The van der Waals surface area contributed by atoms with Crippen LogP contribution in [0.3, 0.4) is 0 Å². The molecule has 2 N–H and O–H groups in total. The molecule has 3 heteroatoms. The van der Waals surface area contributed by atoms with Crippen molar-refractivity contribution in [2.75, 3.05) is 31.6 Å². The minimum absolute atomic E-state index is 0.605. The second kappa shape index (κ2) is 10.8. The van der Waals surface area contributed by atoms with Gasteiger partial charge < -0.3 is 5.73 Å². The fourth-order valence-corrected chi connectivity index (χ4v) is 2.33. The van der Waals surface area contributed by atoms with E-state index in [1.807, 2.05) is 11.8 Å². The van der Waals surface area contributed by atoms with Crippen molar-refractivity contribution in [3.05, 3.63) is 0 Å². The summed E-state index contributed by atoms with van der Waals surface area (Å²) in [6.07, 6.45) is 7.30. The van der Waals surface area contributed by atoms with E-state index in [4.69, 9.17) is 5.73 Å². The zero-order valence-corrected chi connectivity index (χ0v) is 11.5. The molecule has 92 valence electrons. The Labute approximate surface area is 100.0 Å². The molecule has 0 aromatic heterocycles. The van der Waals surface area contributed by atoms with Gasteiger partial charge in [-0.1, -0.05) is 20.3 Å². The molecular weight excluding hydrogens is 204 g/mol. The third-order valence-electron chi connectivity index (χ3n) is 2.88. The average molecular weight is 232 g/mol. The maximum absolute atomic E-state index is 5.85. The lowest BCUT2D eigenvalue weighted by atomic mass is 10.1. The first kappa shape index (κ1) is 15.3. The predicted octanol–water partition coefficient (Wildman–Crippen LogP) is 2.58. The largest absolute Gasteiger partial charge is 0.329 e. The Kier molecular flexibility index (Phi) is 11.0. The summed E-state index contributed by atoms with van der Waals surface area (Å²) >= 11 is 1.93. The number of hydrogen-bond acceptors (Lipinski definition) is 3. The zero-order valence-electron chi connectivity index (χ0n) is 10.7. The molecule has 0 saturated carbocycles. The summed E-state index contributed by atoms with van der Waals surface area (Å²) in [4.78, 5) is 2.55. The molecule has 0 fully saturated rings. The van der Waals surface area contributed by atoms with Crippen molar-refractivity contribution in [2.45, 2.75) is 45.6 Å². The molecule has 0 rings (SSSR count). The average Bonchev–Trinajstić information content (AvgIpc) is 2.27. The van der Waals surface area contributed by atoms with Gasteiger partial charge in [-0.2, -0.15) is 11.8 Å². The molecule has 1 atom stereocenters. The van der Waals surface area contributed by atoms with Crippen LogP contribution in [0.4, 0.5) is 0 Å². The SMILES string of the molecule is CCCCN(CC)C(CN)CCCSC. The topological polar surface area (TPSA) is 29.3 Å². The quantitative estimate of drug-likeness (QED) is 0.587. The summed E-state index contributed by atoms with van der Waals surface area (Å²) < 4.78 is 0. The summed E-state index contributed by atoms with van der Waals surface area (Å²) in [5, 5.41) is 0. The van der Waals surface area contributed by atoms with Crippen LogP contribution < -0.4 is 5.73 Å². The number of thioether (sulfide) groups is 1. The molecule has 0 aliphatic carbocycles. The zero-order chi connectivity index (χ0) is 11.5. The van der Waals surface area contributed by atoms with Crippen LogP contribution in [0, 0.1) is 0 Å². The molecule has 0 spiro atoms. The van der Waals surface area contributed by atoms with Crippen molar-refractivity contribution in [3.63, 3.8) is 0 Å². The Hall–Kier alpha value is 0.270. The van der Waals surface area contributed by atoms with Crippen molar-refractivity contribution in [3.8, 4) is 0 Å². The van der Waals surface area contributed by atoms with E-state index in [0.717, 1.165) is 13.1 Å². The van der Waals surface area contributed by atoms with Crippen molar-refractivity contribution in [1.82, 2.24) is 4.90 Å². The normalized spacial score (nSPS) is 13.4. The highest BCUT2D eigenvalue weighted by Gasteiger charge is 2.13. The van der Waals surface area contributed by atoms with Gasteiger partial charge in [0.05, 0.1) is 0 Å². The van der Waals surface area contributed by atoms with E-state index in [9.17, 15) is 0 Å². The first-order valence-electron chi connectivity index (χ1n) is 6.23. The molecule has 0 aromatic rings. The van der Waals surface area contributed by atoms with E-state index in [1.165, 1.54) is 38.0 Å². The number of likely N-dealkylation sites (N-methyl/N-ethyl adjacent to an activating group) is 1. The Morgan fingerprint density at radius 1 is 1.27 bits per heavy atom. The predicted molar refractivity (Wildman–Crippen MR) is 72.6 cm³/mol. The molecule has 0 amide bonds. The van der Waals surface area contributed by atoms with Gasteiger partial charge in [0.1, 0.15) is 0 Å². The number of nitrogens with two attached hydrogens (primary N) is 1. The van der Waals surface area contributed by atoms with Gasteiger partial charge in [0.25, 0.3) is 0 Å². The first-order valence-corrected chi connectivity index (χ1v) is 7.62. The number of rotatable bonds is 10. The highest BCUT2D eigenvalue weighted by molar-refractivity contribution is 7.98. The van der Waals surface area contributed by atoms with Gasteiger partial charge in [-0.25, -0.2) is 0 Å². The van der Waals surface area contributed by atoms with Crippen LogP contribution in [0.1, 0.15) is 39.5 Å². The highest BCUT2D eigenvalue weighted by atomic mass is 32.2. The minimum atomic E-state index is 0.605. The molecule has 0 aliphatic heterocycles. The lowest BCUT2D eigenvalue weighted by Gasteiger charge is -2.29. The van der Waals surface area contributed by atoms with Gasteiger partial charge in [0.2, 0.25) is 0 Å². The third-order valence-corrected chi connectivity index (χ3v) is 3.58. The highest BCUT2D eigenvalue weighted by Crippen LogP contribution is 2.09. The molecule has 15 heavy (non-hydrogen) atoms. The maximum atomic E-state index is 5.85. The van der Waals surface area contributed by atoms with E-state index < -0.39 is 0 Å². The van der Waals surface area contributed by atoms with Gasteiger partial charge >= 0.3 is 0 Å². The number of nitrogens with zero attached hydrogens (tertiary/aromatic N) is 1. The Balaban J connectivity index is 3.85. The van der Waals surface area contributed by atoms with Gasteiger partial charge in [-0.15, -0.1) is 0 Å². The van der Waals surface area contributed by atoms with Gasteiger partial charge in [0, 0.05) is 12.6 Å². The Morgan fingerprint density at radius 2 is 2.00 bits per heavy atom. The van der Waals surface area contributed by atoms with Crippen LogP contribution in [-0.4, -0.2) is 42.6 Å². The van der Waals surface area contributed by atoms with Crippen LogP contribution in [0.5, 0.6) is 0 Å². The van der Waals surface area contributed by atoms with Crippen molar-refractivity contribution in [1.29, 1.82) is 0 Å². The van der Waals surface area contributed by atoms with Crippen LogP contribution >= 0.6 is 11.8 Å². The Bertz CT molecular complexity index is 131. The molecule has 0 aliphatic rings. The van der Waals surface area contributed by atoms with E-state index >= 15 is 0 Å². The lowest BCUT2D eigenvalue weighted by Crippen LogP contribution is -2.41. The standard InChI is InChI=1S/C12H28N2S/c1-4-6-9-14(5-2)12(11-13)8-7-10-15-3/h12H,4-11,13H2,1-3H3. The molecular formula is C12H28N2S. The Morgan fingerprint density at radius 3 is 2.47 bits per heavy atom. The summed E-state index contributed by atoms with van der Waals surface area (Å²) in [5.74, 6) is 1.27. The van der Waals surface area contributed by atoms with Crippen molar-refractivity contribution in [2.24, 2.45) is 5.73 Å². The van der Waals surface area contributed by atoms with Crippen LogP contribution in [-0.2, 0) is 0 Å². The maximum Gasteiger partial charge on any atom is 0.0218 e. The lowest BCUT2D eigenvalue weighted by molar-refractivity contribution is 0.197. The van der Waals surface area contributed by atoms with Crippen LogP contribution in [0.2, 0.25) is 0 Å². The molecule has 0 aromatic carbocycles. The van der Waals surface area contributed by atoms with E-state index in [2.05, 4.69) is 25.0 Å². The summed E-state index contributed by atoms with van der Waals surface area (Å²) in [5.41, 5.74) is 5.85. The molecule has 2 nitrogen and oxygen atoms in total. The molecule has 0 radical (unpaired) electrons. The van der Waals surface area contributed by atoms with Crippen molar-refractivity contribution >= 4 is 11.8 Å². The molecule has 1 unspecified atom stereocenters. The van der Waals surface area contributed by atoms with Crippen molar-refractivity contribution < 1.29 is 0 Å². The van der Waals surface area contributed by atoms with E-state index in [0.29, 0.717) is 6.04 Å². The molecule has 0 saturated heterocycles. The number of unbranched alkanes of at least 4 members (excludes halogenated alkanes) is 1.